The molecular formula is C24H24ClN3S. The highest BCUT2D eigenvalue weighted by Gasteiger charge is 2.22. The van der Waals surface area contributed by atoms with Gasteiger partial charge in [0, 0.05) is 21.8 Å². The van der Waals surface area contributed by atoms with E-state index in [2.05, 4.69) is 70.2 Å². The van der Waals surface area contributed by atoms with Crippen molar-refractivity contribution in [3.63, 3.8) is 0 Å². The Hall–Kier alpha value is -2.30. The molecule has 0 fully saturated rings. The molecule has 0 aliphatic heterocycles. The number of halogens is 1. The third kappa shape index (κ3) is 4.19. The molecular weight excluding hydrogens is 398 g/mol. The van der Waals surface area contributed by atoms with E-state index in [0.29, 0.717) is 0 Å². The van der Waals surface area contributed by atoms with E-state index in [-0.39, 0.29) is 5.41 Å². The van der Waals surface area contributed by atoms with E-state index in [0.717, 1.165) is 44.0 Å². The molecule has 0 aliphatic carbocycles. The first-order valence-electron chi connectivity index (χ1n) is 9.66. The Labute approximate surface area is 181 Å². The average Bonchev–Trinajstić information content (AvgIpc) is 3.03. The lowest BCUT2D eigenvalue weighted by molar-refractivity contribution is 0.563. The second kappa shape index (κ2) is 7.85. The summed E-state index contributed by atoms with van der Waals surface area (Å²) in [7, 11) is 0. The van der Waals surface area contributed by atoms with E-state index in [9.17, 15) is 0 Å². The van der Waals surface area contributed by atoms with Crippen molar-refractivity contribution < 1.29 is 0 Å². The normalized spacial score (nSPS) is 11.9. The number of hydrogen-bond donors (Lipinski definition) is 0. The molecule has 0 N–H and O–H groups in total. The minimum Gasteiger partial charge on any atom is -0.232 e. The van der Waals surface area contributed by atoms with Gasteiger partial charge >= 0.3 is 0 Å². The average molecular weight is 422 g/mol. The van der Waals surface area contributed by atoms with Crippen molar-refractivity contribution in [3.8, 4) is 11.1 Å². The lowest BCUT2D eigenvalue weighted by atomic mass is 9.92. The van der Waals surface area contributed by atoms with Crippen LogP contribution in [-0.4, -0.2) is 14.6 Å². The molecule has 0 saturated heterocycles. The Morgan fingerprint density at radius 3 is 2.34 bits per heavy atom. The van der Waals surface area contributed by atoms with Gasteiger partial charge in [-0.2, -0.15) is 5.10 Å². The van der Waals surface area contributed by atoms with Crippen LogP contribution in [0.3, 0.4) is 0 Å². The summed E-state index contributed by atoms with van der Waals surface area (Å²) < 4.78 is 1.99. The van der Waals surface area contributed by atoms with Crippen molar-refractivity contribution in [1.29, 1.82) is 0 Å². The molecule has 0 saturated carbocycles. The second-order valence-electron chi connectivity index (χ2n) is 8.21. The van der Waals surface area contributed by atoms with Crippen LogP contribution in [0, 0.1) is 6.92 Å². The highest BCUT2D eigenvalue weighted by molar-refractivity contribution is 7.98. The standard InChI is InChI=1S/C24H24ClN3S/c1-16-22(18-8-6-5-7-9-18)23-26-20(24(2,3)4)14-21(28(23)27-16)29-15-17-10-12-19(25)13-11-17/h5-14H,15H2,1-4H3. The van der Waals surface area contributed by atoms with Crippen molar-refractivity contribution in [3.05, 3.63) is 82.6 Å². The number of nitrogens with zero attached hydrogens (tertiary/aromatic N) is 3. The van der Waals surface area contributed by atoms with Crippen molar-refractivity contribution in [1.82, 2.24) is 14.6 Å². The highest BCUT2D eigenvalue weighted by Crippen LogP contribution is 2.34. The Kier molecular flexibility index (Phi) is 5.41. The molecule has 148 valence electrons. The maximum absolute atomic E-state index is 6.03. The molecule has 4 rings (SSSR count). The molecule has 2 heterocycles. The minimum atomic E-state index is -0.0521. The Morgan fingerprint density at radius 1 is 1.00 bits per heavy atom. The van der Waals surface area contributed by atoms with Crippen LogP contribution in [0.5, 0.6) is 0 Å². The number of thioether (sulfide) groups is 1. The summed E-state index contributed by atoms with van der Waals surface area (Å²) in [6.45, 7) is 8.65. The van der Waals surface area contributed by atoms with E-state index in [1.165, 1.54) is 5.56 Å². The van der Waals surface area contributed by atoms with E-state index >= 15 is 0 Å². The van der Waals surface area contributed by atoms with Gasteiger partial charge in [0.05, 0.1) is 11.4 Å². The van der Waals surface area contributed by atoms with Gasteiger partial charge in [-0.05, 0) is 36.2 Å². The van der Waals surface area contributed by atoms with Crippen molar-refractivity contribution >= 4 is 29.0 Å². The Balaban J connectivity index is 1.83. The highest BCUT2D eigenvalue weighted by atomic mass is 35.5. The first-order chi connectivity index (χ1) is 13.8. The lowest BCUT2D eigenvalue weighted by Gasteiger charge is -2.19. The molecule has 0 atom stereocenters. The van der Waals surface area contributed by atoms with Gasteiger partial charge < -0.3 is 0 Å². The topological polar surface area (TPSA) is 30.2 Å². The van der Waals surface area contributed by atoms with Crippen LogP contribution in [0.15, 0.2) is 65.7 Å². The first kappa shape index (κ1) is 20.0. The van der Waals surface area contributed by atoms with Gasteiger partial charge in [0.25, 0.3) is 0 Å². The van der Waals surface area contributed by atoms with Crippen molar-refractivity contribution in [2.45, 2.75) is 43.9 Å². The van der Waals surface area contributed by atoms with Crippen molar-refractivity contribution in [2.24, 2.45) is 0 Å². The van der Waals surface area contributed by atoms with E-state index in [1.807, 2.05) is 22.7 Å². The zero-order chi connectivity index (χ0) is 20.6. The van der Waals surface area contributed by atoms with Crippen LogP contribution in [0.4, 0.5) is 0 Å². The van der Waals surface area contributed by atoms with E-state index in [1.54, 1.807) is 11.8 Å². The molecule has 4 aromatic rings. The van der Waals surface area contributed by atoms with Crippen LogP contribution < -0.4 is 0 Å². The largest absolute Gasteiger partial charge is 0.232 e. The molecule has 2 aromatic carbocycles. The van der Waals surface area contributed by atoms with Crippen molar-refractivity contribution in [2.75, 3.05) is 0 Å². The van der Waals surface area contributed by atoms with Crippen LogP contribution >= 0.6 is 23.4 Å². The number of fused-ring (bicyclic) bond motifs is 1. The Bertz CT molecular complexity index is 1140. The van der Waals surface area contributed by atoms with Crippen LogP contribution in [0.2, 0.25) is 5.02 Å². The molecule has 0 bridgehead atoms. The van der Waals surface area contributed by atoms with Crippen LogP contribution in [-0.2, 0) is 11.2 Å². The summed E-state index contributed by atoms with van der Waals surface area (Å²) in [5.74, 6) is 0.847. The van der Waals surface area contributed by atoms with E-state index in [4.69, 9.17) is 21.7 Å². The number of rotatable bonds is 4. The summed E-state index contributed by atoms with van der Waals surface area (Å²) in [5.41, 5.74) is 6.40. The molecule has 5 heteroatoms. The van der Waals surface area contributed by atoms with Crippen LogP contribution in [0.25, 0.3) is 16.8 Å². The molecule has 3 nitrogen and oxygen atoms in total. The van der Waals surface area contributed by atoms with Gasteiger partial charge in [0.1, 0.15) is 5.03 Å². The third-order valence-electron chi connectivity index (χ3n) is 4.86. The fourth-order valence-corrected chi connectivity index (χ4v) is 4.34. The summed E-state index contributed by atoms with van der Waals surface area (Å²) in [5, 5.41) is 6.71. The molecule has 0 spiro atoms. The smallest absolute Gasteiger partial charge is 0.164 e. The van der Waals surface area contributed by atoms with Crippen LogP contribution in [0.1, 0.15) is 37.7 Å². The SMILES string of the molecule is Cc1nn2c(SCc3ccc(Cl)cc3)cc(C(C)(C)C)nc2c1-c1ccccc1. The molecule has 0 amide bonds. The summed E-state index contributed by atoms with van der Waals surface area (Å²) >= 11 is 7.80. The van der Waals surface area contributed by atoms with Gasteiger partial charge in [-0.25, -0.2) is 9.50 Å². The maximum atomic E-state index is 6.03. The van der Waals surface area contributed by atoms with Gasteiger partial charge in [0.15, 0.2) is 5.65 Å². The molecule has 29 heavy (non-hydrogen) atoms. The van der Waals surface area contributed by atoms with Gasteiger partial charge in [0.2, 0.25) is 0 Å². The number of aryl methyl sites for hydroxylation is 1. The molecule has 2 aromatic heterocycles. The molecule has 0 radical (unpaired) electrons. The number of benzene rings is 2. The Morgan fingerprint density at radius 2 is 1.69 bits per heavy atom. The third-order valence-corrected chi connectivity index (χ3v) is 6.18. The monoisotopic (exact) mass is 421 g/mol. The quantitative estimate of drug-likeness (QED) is 0.264. The second-order valence-corrected chi connectivity index (χ2v) is 9.64. The number of aromatic nitrogens is 3. The predicted molar refractivity (Wildman–Crippen MR) is 123 cm³/mol. The summed E-state index contributed by atoms with van der Waals surface area (Å²) in [4.78, 5) is 5.04. The van der Waals surface area contributed by atoms with E-state index < -0.39 is 0 Å². The summed E-state index contributed by atoms with van der Waals surface area (Å²) in [6.07, 6.45) is 0. The zero-order valence-electron chi connectivity index (χ0n) is 17.1. The fraction of sp³-hybridized carbons (Fsp3) is 0.250. The molecule has 0 unspecified atom stereocenters. The lowest BCUT2D eigenvalue weighted by Crippen LogP contribution is -2.15. The minimum absolute atomic E-state index is 0.0521. The van der Waals surface area contributed by atoms with Gasteiger partial charge in [-0.15, -0.1) is 11.8 Å². The van der Waals surface area contributed by atoms with Gasteiger partial charge in [-0.3, -0.25) is 0 Å². The first-order valence-corrected chi connectivity index (χ1v) is 11.0. The summed E-state index contributed by atoms with van der Waals surface area (Å²) in [6, 6.07) is 20.6. The molecule has 0 aliphatic rings. The number of hydrogen-bond acceptors (Lipinski definition) is 3. The zero-order valence-corrected chi connectivity index (χ0v) is 18.7. The van der Waals surface area contributed by atoms with Gasteiger partial charge in [-0.1, -0.05) is 74.8 Å². The fourth-order valence-electron chi connectivity index (χ4n) is 3.26. The maximum Gasteiger partial charge on any atom is 0.164 e. The predicted octanol–water partition coefficient (Wildman–Crippen LogP) is 6.95.